The minimum absolute atomic E-state index is 0.00296. The van der Waals surface area contributed by atoms with Crippen LogP contribution >= 0.6 is 11.3 Å². The number of hydrogen-bond donors (Lipinski definition) is 1. The molecule has 188 valence electrons. The number of thiophene rings is 1. The van der Waals surface area contributed by atoms with Crippen LogP contribution in [-0.2, 0) is 22.0 Å². The lowest BCUT2D eigenvalue weighted by atomic mass is 9.83. The second kappa shape index (κ2) is 11.7. The Morgan fingerprint density at radius 1 is 1.00 bits per heavy atom. The highest BCUT2D eigenvalue weighted by Gasteiger charge is 2.45. The molecule has 4 nitrogen and oxygen atoms in total. The molecule has 6 heteroatoms. The molecular weight excluding hydrogens is 498 g/mol. The lowest BCUT2D eigenvalue weighted by Gasteiger charge is -2.39. The molecule has 0 radical (unpaired) electrons. The van der Waals surface area contributed by atoms with Crippen molar-refractivity contribution in [2.75, 3.05) is 6.54 Å². The largest absolute Gasteiger partial charge is 0.372 e. The van der Waals surface area contributed by atoms with Crippen molar-refractivity contribution in [3.8, 4) is 11.8 Å². The average molecular weight is 528 g/mol. The Morgan fingerprint density at radius 3 is 2.24 bits per heavy atom. The van der Waals surface area contributed by atoms with Crippen LogP contribution in [0.3, 0.4) is 0 Å². The van der Waals surface area contributed by atoms with E-state index < -0.39 is 21.7 Å². The molecular formula is C31H29NO3S2. The lowest BCUT2D eigenvalue weighted by Crippen LogP contribution is -2.53. The van der Waals surface area contributed by atoms with Gasteiger partial charge in [0.2, 0.25) is 10.0 Å². The molecule has 37 heavy (non-hydrogen) atoms. The van der Waals surface area contributed by atoms with Gasteiger partial charge in [0.1, 0.15) is 0 Å². The predicted octanol–water partition coefficient (Wildman–Crippen LogP) is 5.78. The molecule has 0 aliphatic rings. The zero-order chi connectivity index (χ0) is 26.3. The Morgan fingerprint density at radius 2 is 1.65 bits per heavy atom. The highest BCUT2D eigenvalue weighted by atomic mass is 32.2. The van der Waals surface area contributed by atoms with Crippen molar-refractivity contribution < 1.29 is 13.5 Å². The molecule has 0 fully saturated rings. The molecule has 1 aromatic heterocycles. The van der Waals surface area contributed by atoms with Crippen molar-refractivity contribution in [2.24, 2.45) is 0 Å². The first-order chi connectivity index (χ1) is 17.8. The first-order valence-corrected chi connectivity index (χ1v) is 14.3. The molecule has 0 saturated carbocycles. The van der Waals surface area contributed by atoms with Crippen LogP contribution in [0.25, 0.3) is 0 Å². The molecule has 4 rings (SSSR count). The molecule has 0 bridgehead atoms. The fourth-order valence-corrected chi connectivity index (χ4v) is 6.41. The van der Waals surface area contributed by atoms with E-state index >= 15 is 0 Å². The summed E-state index contributed by atoms with van der Waals surface area (Å²) in [5.74, 6) is 6.17. The van der Waals surface area contributed by atoms with E-state index in [1.165, 1.54) is 15.6 Å². The molecule has 1 heterocycles. The third-order valence-corrected chi connectivity index (χ3v) is 8.74. The standard InChI is InChI=1S/C31H29NO3S2/c1-3-21-32(37(34,35)29-16-14-25(2)15-17-29)30(23-26-10-6-4-7-11-26)31(33,28-12-8-5-9-13-28)20-18-27-19-22-36-24-27/h3-17,19,22,24,30,33H,1,21,23H2,2H3. The Bertz CT molecular complexity index is 1470. The summed E-state index contributed by atoms with van der Waals surface area (Å²) in [5.41, 5.74) is 1.30. The molecule has 2 unspecified atom stereocenters. The van der Waals surface area contributed by atoms with Gasteiger partial charge in [-0.05, 0) is 48.1 Å². The third-order valence-electron chi connectivity index (χ3n) is 6.17. The topological polar surface area (TPSA) is 57.6 Å². The Kier molecular flexibility index (Phi) is 8.42. The van der Waals surface area contributed by atoms with Crippen LogP contribution in [0.1, 0.15) is 22.3 Å². The molecule has 0 amide bonds. The normalized spacial score (nSPS) is 13.8. The average Bonchev–Trinajstić information content (AvgIpc) is 3.44. The van der Waals surface area contributed by atoms with Crippen molar-refractivity contribution in [3.63, 3.8) is 0 Å². The van der Waals surface area contributed by atoms with E-state index in [1.54, 1.807) is 42.5 Å². The highest BCUT2D eigenvalue weighted by molar-refractivity contribution is 7.89. The van der Waals surface area contributed by atoms with Gasteiger partial charge in [-0.3, -0.25) is 0 Å². The number of rotatable bonds is 9. The monoisotopic (exact) mass is 527 g/mol. The van der Waals surface area contributed by atoms with Gasteiger partial charge in [0.05, 0.1) is 10.9 Å². The molecule has 0 aliphatic heterocycles. The minimum atomic E-state index is -4.03. The van der Waals surface area contributed by atoms with Gasteiger partial charge < -0.3 is 5.11 Å². The van der Waals surface area contributed by atoms with Crippen molar-refractivity contribution in [3.05, 3.63) is 137 Å². The summed E-state index contributed by atoms with van der Waals surface area (Å²) < 4.78 is 29.5. The number of benzene rings is 3. The van der Waals surface area contributed by atoms with E-state index in [0.29, 0.717) is 5.56 Å². The molecule has 4 aromatic rings. The van der Waals surface area contributed by atoms with Gasteiger partial charge >= 0.3 is 0 Å². The Balaban J connectivity index is 1.94. The van der Waals surface area contributed by atoms with Crippen molar-refractivity contribution in [1.82, 2.24) is 4.31 Å². The summed E-state index contributed by atoms with van der Waals surface area (Å²) in [6.45, 7) is 5.74. The number of sulfonamides is 1. The van der Waals surface area contributed by atoms with Crippen molar-refractivity contribution in [2.45, 2.75) is 29.9 Å². The van der Waals surface area contributed by atoms with Crippen LogP contribution in [0.15, 0.2) is 119 Å². The zero-order valence-electron chi connectivity index (χ0n) is 20.6. The van der Waals surface area contributed by atoms with Gasteiger partial charge in [-0.1, -0.05) is 96.3 Å². The number of nitrogens with zero attached hydrogens (tertiary/aromatic N) is 1. The van der Waals surface area contributed by atoms with Crippen LogP contribution in [-0.4, -0.2) is 30.4 Å². The first-order valence-electron chi connectivity index (χ1n) is 11.9. The molecule has 1 N–H and O–H groups in total. The summed E-state index contributed by atoms with van der Waals surface area (Å²) in [4.78, 5) is 0.152. The maximum atomic E-state index is 14.1. The van der Waals surface area contributed by atoms with Crippen LogP contribution in [0.4, 0.5) is 0 Å². The van der Waals surface area contributed by atoms with Gasteiger partial charge in [-0.15, -0.1) is 6.58 Å². The molecule has 3 aromatic carbocycles. The van der Waals surface area contributed by atoms with E-state index in [2.05, 4.69) is 18.4 Å². The van der Waals surface area contributed by atoms with Gasteiger partial charge in [0.25, 0.3) is 0 Å². The first kappa shape index (κ1) is 26.6. The van der Waals surface area contributed by atoms with E-state index in [9.17, 15) is 13.5 Å². The zero-order valence-corrected chi connectivity index (χ0v) is 22.3. The van der Waals surface area contributed by atoms with Gasteiger partial charge in [-0.25, -0.2) is 8.42 Å². The van der Waals surface area contributed by atoms with Gasteiger partial charge in [0, 0.05) is 17.5 Å². The van der Waals surface area contributed by atoms with E-state index in [0.717, 1.165) is 16.7 Å². The maximum absolute atomic E-state index is 14.1. The summed E-state index contributed by atoms with van der Waals surface area (Å²) >= 11 is 1.51. The Hall–Kier alpha value is -3.47. The molecule has 0 saturated heterocycles. The van der Waals surface area contributed by atoms with Gasteiger partial charge in [0.15, 0.2) is 5.60 Å². The summed E-state index contributed by atoms with van der Waals surface area (Å²) in [5, 5.41) is 16.3. The van der Waals surface area contributed by atoms with Crippen molar-refractivity contribution in [1.29, 1.82) is 0 Å². The lowest BCUT2D eigenvalue weighted by molar-refractivity contribution is 0.0265. The van der Waals surface area contributed by atoms with Crippen LogP contribution in [0.5, 0.6) is 0 Å². The minimum Gasteiger partial charge on any atom is -0.372 e. The van der Waals surface area contributed by atoms with E-state index in [-0.39, 0.29) is 17.9 Å². The van der Waals surface area contributed by atoms with Gasteiger partial charge in [-0.2, -0.15) is 15.6 Å². The second-order valence-corrected chi connectivity index (χ2v) is 11.4. The fraction of sp³-hybridized carbons (Fsp3) is 0.161. The fourth-order valence-electron chi connectivity index (χ4n) is 4.20. The second-order valence-electron chi connectivity index (χ2n) is 8.78. The molecule has 0 spiro atoms. The summed E-state index contributed by atoms with van der Waals surface area (Å²) in [7, 11) is -4.03. The van der Waals surface area contributed by atoms with E-state index in [4.69, 9.17) is 0 Å². The number of aryl methyl sites for hydroxylation is 1. The quantitative estimate of drug-likeness (QED) is 0.222. The summed E-state index contributed by atoms with van der Waals surface area (Å²) in [6, 6.07) is 26.3. The number of aliphatic hydroxyl groups is 1. The number of hydrogen-bond acceptors (Lipinski definition) is 4. The predicted molar refractivity (Wildman–Crippen MR) is 151 cm³/mol. The van der Waals surface area contributed by atoms with E-state index in [1.807, 2.05) is 72.3 Å². The highest BCUT2D eigenvalue weighted by Crippen LogP contribution is 2.34. The molecule has 0 aliphatic carbocycles. The van der Waals surface area contributed by atoms with Crippen LogP contribution in [0, 0.1) is 18.8 Å². The third kappa shape index (κ3) is 6.10. The Labute approximate surface area is 223 Å². The smallest absolute Gasteiger partial charge is 0.243 e. The maximum Gasteiger partial charge on any atom is 0.243 e. The van der Waals surface area contributed by atoms with Crippen LogP contribution < -0.4 is 0 Å². The van der Waals surface area contributed by atoms with Crippen molar-refractivity contribution >= 4 is 21.4 Å². The van der Waals surface area contributed by atoms with Crippen LogP contribution in [0.2, 0.25) is 0 Å². The summed E-state index contributed by atoms with van der Waals surface area (Å²) in [6.07, 6.45) is 1.78. The SMILES string of the molecule is C=CCN(C(Cc1ccccc1)C(O)(C#Cc1ccsc1)c1ccccc1)S(=O)(=O)c1ccc(C)cc1. The molecule has 2 atom stereocenters.